The number of carbonyl (C=O) groups is 3. The minimum Gasteiger partial charge on any atom is -0.388 e. The van der Waals surface area contributed by atoms with Crippen molar-refractivity contribution in [1.29, 1.82) is 0 Å². The molecule has 1 fully saturated rings. The second-order valence-electron chi connectivity index (χ2n) is 14.4. The molecule has 288 valence electrons. The van der Waals surface area contributed by atoms with E-state index in [0.29, 0.717) is 91.0 Å². The maximum atomic E-state index is 14.0. The van der Waals surface area contributed by atoms with E-state index in [-0.39, 0.29) is 42.2 Å². The van der Waals surface area contributed by atoms with Crippen LogP contribution in [0.2, 0.25) is 5.02 Å². The number of nitrogens with one attached hydrogen (secondary N) is 2. The lowest BCUT2D eigenvalue weighted by molar-refractivity contribution is -0.140. The van der Waals surface area contributed by atoms with Gasteiger partial charge in [0.1, 0.15) is 0 Å². The van der Waals surface area contributed by atoms with Gasteiger partial charge in [-0.3, -0.25) is 28.7 Å². The van der Waals surface area contributed by atoms with Crippen LogP contribution >= 0.6 is 11.6 Å². The normalized spacial score (nSPS) is 14.4. The Morgan fingerprint density at radius 3 is 2.48 bits per heavy atom. The van der Waals surface area contributed by atoms with Crippen molar-refractivity contribution in [1.82, 2.24) is 34.3 Å². The van der Waals surface area contributed by atoms with Gasteiger partial charge >= 0.3 is 0 Å². The van der Waals surface area contributed by atoms with E-state index >= 15 is 0 Å². The van der Waals surface area contributed by atoms with Crippen molar-refractivity contribution in [3.63, 3.8) is 0 Å². The van der Waals surface area contributed by atoms with Gasteiger partial charge in [-0.25, -0.2) is 9.97 Å². The summed E-state index contributed by atoms with van der Waals surface area (Å²) in [6.45, 7) is 1.62. The number of carbonyl (C=O) groups excluding carboxylic acids is 3. The highest BCUT2D eigenvalue weighted by Crippen LogP contribution is 2.27. The predicted octanol–water partition coefficient (Wildman–Crippen LogP) is 5.25. The smallest absolute Gasteiger partial charge is 0.261 e. The van der Waals surface area contributed by atoms with Crippen molar-refractivity contribution in [2.75, 3.05) is 25.0 Å². The SMILES string of the molecule is O=C(CCn1ccnc1)Nc1ccc2c(=O)n(CC3(O)CCN(C(=O)C(CCCNC(=O)c4ccc5c(Cl)ccnc5c4)Cc4ccccc4)CC3)cnc2c1. The Hall–Kier alpha value is -5.92. The van der Waals surface area contributed by atoms with E-state index in [9.17, 15) is 24.3 Å². The van der Waals surface area contributed by atoms with Crippen molar-refractivity contribution in [3.05, 3.63) is 131 Å². The van der Waals surface area contributed by atoms with Crippen LogP contribution in [0.5, 0.6) is 0 Å². The average Bonchev–Trinajstić information content (AvgIpc) is 3.74. The molecule has 0 aliphatic carbocycles. The number of likely N-dealkylation sites (tertiary alicyclic amines) is 1. The molecular weight excluding hydrogens is 732 g/mol. The highest BCUT2D eigenvalue weighted by molar-refractivity contribution is 6.35. The molecule has 0 radical (unpaired) electrons. The third kappa shape index (κ3) is 9.29. The topological polar surface area (TPSA) is 164 Å². The van der Waals surface area contributed by atoms with Crippen molar-refractivity contribution in [2.24, 2.45) is 5.92 Å². The Labute approximate surface area is 328 Å². The van der Waals surface area contributed by atoms with Gasteiger partial charge in [-0.1, -0.05) is 48.0 Å². The molecule has 1 aliphatic rings. The molecule has 0 bridgehead atoms. The predicted molar refractivity (Wildman–Crippen MR) is 214 cm³/mol. The summed E-state index contributed by atoms with van der Waals surface area (Å²) < 4.78 is 3.23. The Morgan fingerprint density at radius 1 is 0.911 bits per heavy atom. The molecule has 1 aliphatic heterocycles. The zero-order valence-corrected chi connectivity index (χ0v) is 31.6. The lowest BCUT2D eigenvalue weighted by Crippen LogP contribution is -2.51. The number of piperidine rings is 1. The van der Waals surface area contributed by atoms with E-state index in [1.165, 1.54) is 10.9 Å². The van der Waals surface area contributed by atoms with Gasteiger partial charge in [-0.05, 0) is 74.1 Å². The molecule has 0 saturated carbocycles. The van der Waals surface area contributed by atoms with Gasteiger partial charge in [0.05, 0.1) is 46.2 Å². The van der Waals surface area contributed by atoms with Crippen LogP contribution in [0.1, 0.15) is 48.0 Å². The number of amides is 3. The van der Waals surface area contributed by atoms with Crippen LogP contribution in [-0.4, -0.2) is 77.0 Å². The average molecular weight is 775 g/mol. The minimum absolute atomic E-state index is 0.00822. The zero-order chi connectivity index (χ0) is 39.1. The van der Waals surface area contributed by atoms with Gasteiger partial charge < -0.3 is 25.2 Å². The summed E-state index contributed by atoms with van der Waals surface area (Å²) in [6.07, 6.45) is 10.7. The third-order valence-corrected chi connectivity index (χ3v) is 10.7. The number of aromatic nitrogens is 5. The minimum atomic E-state index is -1.21. The molecular formula is C42H43ClN8O5. The molecule has 1 unspecified atom stereocenters. The maximum absolute atomic E-state index is 14.0. The molecule has 56 heavy (non-hydrogen) atoms. The number of aryl methyl sites for hydroxylation is 1. The number of hydrogen-bond donors (Lipinski definition) is 3. The van der Waals surface area contributed by atoms with Crippen LogP contribution in [0.25, 0.3) is 21.8 Å². The first-order valence-electron chi connectivity index (χ1n) is 18.8. The fourth-order valence-corrected chi connectivity index (χ4v) is 7.43. The largest absolute Gasteiger partial charge is 0.388 e. The maximum Gasteiger partial charge on any atom is 0.261 e. The highest BCUT2D eigenvalue weighted by Gasteiger charge is 2.36. The summed E-state index contributed by atoms with van der Waals surface area (Å²) in [5.41, 5.74) is 1.65. The summed E-state index contributed by atoms with van der Waals surface area (Å²) >= 11 is 6.25. The van der Waals surface area contributed by atoms with Crippen molar-refractivity contribution >= 4 is 56.8 Å². The standard InChI is InChI=1S/C42H43ClN8O5/c43-35-12-17-45-36-24-30(8-10-33(35)36)39(53)46-16-4-7-31(23-29-5-2-1-3-6-29)40(54)50-20-14-42(56,15-21-50)26-51-28-47-37-25-32(9-11-34(37)41(51)55)48-38(52)13-19-49-22-18-44-27-49/h1-3,5-6,8-12,17-18,22,24-25,27-28,31,56H,4,7,13-16,19-21,23,26H2,(H,46,53)(H,48,52). The highest BCUT2D eigenvalue weighted by atomic mass is 35.5. The number of rotatable bonds is 14. The number of imidazole rings is 1. The summed E-state index contributed by atoms with van der Waals surface area (Å²) in [4.78, 5) is 67.5. The lowest BCUT2D eigenvalue weighted by atomic mass is 9.88. The summed E-state index contributed by atoms with van der Waals surface area (Å²) in [5, 5.41) is 19.2. The Balaban J connectivity index is 0.936. The second-order valence-corrected chi connectivity index (χ2v) is 14.8. The van der Waals surface area contributed by atoms with Crippen LogP contribution < -0.4 is 16.2 Å². The van der Waals surface area contributed by atoms with Crippen LogP contribution in [0.4, 0.5) is 5.69 Å². The fourth-order valence-electron chi connectivity index (χ4n) is 7.22. The summed E-state index contributed by atoms with van der Waals surface area (Å²) in [5.74, 6) is -0.696. The molecule has 3 amide bonds. The van der Waals surface area contributed by atoms with Crippen LogP contribution in [0, 0.1) is 5.92 Å². The molecule has 3 aromatic heterocycles. The lowest BCUT2D eigenvalue weighted by Gasteiger charge is -2.39. The fraction of sp³-hybridized carbons (Fsp3) is 0.310. The van der Waals surface area contributed by atoms with Gasteiger partial charge in [0.2, 0.25) is 11.8 Å². The molecule has 6 aromatic rings. The van der Waals surface area contributed by atoms with Crippen molar-refractivity contribution in [3.8, 4) is 0 Å². The molecule has 3 aromatic carbocycles. The molecule has 0 spiro atoms. The second kappa shape index (κ2) is 17.3. The molecule has 1 saturated heterocycles. The van der Waals surface area contributed by atoms with E-state index in [1.807, 2.05) is 34.9 Å². The number of halogens is 1. The van der Waals surface area contributed by atoms with E-state index in [4.69, 9.17) is 11.6 Å². The summed E-state index contributed by atoms with van der Waals surface area (Å²) in [6, 6.07) is 21.8. The number of anilines is 1. The Morgan fingerprint density at radius 2 is 1.70 bits per heavy atom. The molecule has 4 heterocycles. The summed E-state index contributed by atoms with van der Waals surface area (Å²) in [7, 11) is 0. The first-order chi connectivity index (χ1) is 27.1. The van der Waals surface area contributed by atoms with E-state index in [1.54, 1.807) is 72.3 Å². The zero-order valence-electron chi connectivity index (χ0n) is 30.8. The van der Waals surface area contributed by atoms with E-state index < -0.39 is 5.60 Å². The van der Waals surface area contributed by atoms with Crippen molar-refractivity contribution < 1.29 is 19.5 Å². The van der Waals surface area contributed by atoms with Crippen molar-refractivity contribution in [2.45, 2.75) is 57.2 Å². The first-order valence-corrected chi connectivity index (χ1v) is 19.1. The van der Waals surface area contributed by atoms with Gasteiger partial charge in [0, 0.05) is 73.7 Å². The number of fused-ring (bicyclic) bond motifs is 2. The Kier molecular flexibility index (Phi) is 11.8. The van der Waals surface area contributed by atoms with Gasteiger partial charge in [0.15, 0.2) is 0 Å². The number of benzene rings is 3. The molecule has 14 heteroatoms. The number of aliphatic hydroxyl groups is 1. The number of pyridine rings is 1. The quantitative estimate of drug-likeness (QED) is 0.127. The van der Waals surface area contributed by atoms with E-state index in [0.717, 1.165) is 10.9 Å². The van der Waals surface area contributed by atoms with Gasteiger partial charge in [-0.15, -0.1) is 0 Å². The number of nitrogens with zero attached hydrogens (tertiary/aromatic N) is 6. The van der Waals surface area contributed by atoms with E-state index in [2.05, 4.69) is 25.6 Å². The van der Waals surface area contributed by atoms with Crippen LogP contribution in [-0.2, 0) is 29.1 Å². The number of hydrogen-bond acceptors (Lipinski definition) is 8. The molecule has 13 nitrogen and oxygen atoms in total. The van der Waals surface area contributed by atoms with Gasteiger partial charge in [0.25, 0.3) is 11.5 Å². The first kappa shape index (κ1) is 38.4. The molecule has 1 atom stereocenters. The monoisotopic (exact) mass is 774 g/mol. The van der Waals surface area contributed by atoms with Crippen LogP contribution in [0.3, 0.4) is 0 Å². The Bertz CT molecular complexity index is 2390. The molecule has 7 rings (SSSR count). The van der Waals surface area contributed by atoms with Crippen LogP contribution in [0.15, 0.2) is 109 Å². The molecule has 3 N–H and O–H groups in total. The van der Waals surface area contributed by atoms with Gasteiger partial charge in [-0.2, -0.15) is 0 Å². The third-order valence-electron chi connectivity index (χ3n) is 10.4.